The monoisotopic (exact) mass is 723 g/mol. The van der Waals surface area contributed by atoms with Crippen LogP contribution in [0.4, 0.5) is 0 Å². The average Bonchev–Trinajstić information content (AvgIpc) is 3.65. The molecule has 1 aliphatic heterocycles. The van der Waals surface area contributed by atoms with Crippen LogP contribution in [0.25, 0.3) is 61.6 Å². The molecule has 2 aliphatic rings. The third-order valence-corrected chi connectivity index (χ3v) is 10.7. The maximum Gasteiger partial charge on any atom is 0.159 e. The van der Waals surface area contributed by atoms with Crippen molar-refractivity contribution in [3.8, 4) is 50.3 Å². The minimum Gasteiger partial charge on any atom is -0.507 e. The Morgan fingerprint density at radius 2 is 1.18 bits per heavy atom. The minimum atomic E-state index is -0.562. The fourth-order valence-corrected chi connectivity index (χ4v) is 8.03. The van der Waals surface area contributed by atoms with Gasteiger partial charge in [-0.25, -0.2) is 9.98 Å². The lowest BCUT2D eigenvalue weighted by Gasteiger charge is -2.26. The van der Waals surface area contributed by atoms with Crippen molar-refractivity contribution in [3.05, 3.63) is 204 Å². The second kappa shape index (κ2) is 14.2. The van der Waals surface area contributed by atoms with Gasteiger partial charge in [0.1, 0.15) is 29.1 Å². The van der Waals surface area contributed by atoms with Crippen molar-refractivity contribution >= 4 is 28.7 Å². The predicted molar refractivity (Wildman–Crippen MR) is 229 cm³/mol. The SMILES string of the molecule is Oc1cccc(C2N=C(c3cc(-c4cccc(-c5ccccc5)c4)c4c5c(oc4c3)C=CCC5)N=C(c3cccc(-c4ccccc4)c3)N2)c1-c1ccccc1. The number of aliphatic imine (C=N–C) groups is 2. The van der Waals surface area contributed by atoms with E-state index in [1.807, 2.05) is 54.6 Å². The van der Waals surface area contributed by atoms with E-state index in [1.54, 1.807) is 6.07 Å². The highest BCUT2D eigenvalue weighted by Crippen LogP contribution is 2.42. The fraction of sp³-hybridized carbons (Fsp3) is 0.0588. The largest absolute Gasteiger partial charge is 0.507 e. The number of phenols is 1. The molecule has 10 rings (SSSR count). The van der Waals surface area contributed by atoms with Crippen LogP contribution in [-0.4, -0.2) is 16.8 Å². The summed E-state index contributed by atoms with van der Waals surface area (Å²) in [5.74, 6) is 2.36. The van der Waals surface area contributed by atoms with Gasteiger partial charge in [0.25, 0.3) is 0 Å². The number of benzene rings is 7. The van der Waals surface area contributed by atoms with Crippen LogP contribution in [0.3, 0.4) is 0 Å². The summed E-state index contributed by atoms with van der Waals surface area (Å²) < 4.78 is 6.64. The highest BCUT2D eigenvalue weighted by Gasteiger charge is 2.27. The topological polar surface area (TPSA) is 70.1 Å². The number of hydrogen-bond donors (Lipinski definition) is 2. The van der Waals surface area contributed by atoms with Gasteiger partial charge in [-0.3, -0.25) is 0 Å². The lowest BCUT2D eigenvalue weighted by atomic mass is 9.91. The second-order valence-corrected chi connectivity index (χ2v) is 14.2. The highest BCUT2D eigenvalue weighted by atomic mass is 16.3. The second-order valence-electron chi connectivity index (χ2n) is 14.2. The molecule has 7 aromatic carbocycles. The summed E-state index contributed by atoms with van der Waals surface area (Å²) in [6.45, 7) is 0. The van der Waals surface area contributed by atoms with Crippen molar-refractivity contribution in [2.45, 2.75) is 19.0 Å². The van der Waals surface area contributed by atoms with Gasteiger partial charge >= 0.3 is 0 Å². The van der Waals surface area contributed by atoms with Gasteiger partial charge in [0.15, 0.2) is 5.84 Å². The van der Waals surface area contributed by atoms with Crippen LogP contribution in [0.1, 0.15) is 40.6 Å². The van der Waals surface area contributed by atoms with E-state index in [2.05, 4.69) is 127 Å². The van der Waals surface area contributed by atoms with Crippen molar-refractivity contribution < 1.29 is 9.52 Å². The smallest absolute Gasteiger partial charge is 0.159 e. The molecule has 0 saturated heterocycles. The molecule has 0 saturated carbocycles. The first-order valence-corrected chi connectivity index (χ1v) is 19.0. The number of nitrogens with zero attached hydrogens (tertiary/aromatic N) is 2. The predicted octanol–water partition coefficient (Wildman–Crippen LogP) is 12.3. The Morgan fingerprint density at radius 1 is 0.571 bits per heavy atom. The number of fused-ring (bicyclic) bond motifs is 3. The maximum atomic E-state index is 11.3. The van der Waals surface area contributed by atoms with Gasteiger partial charge in [0.05, 0.1) is 0 Å². The Morgan fingerprint density at radius 3 is 1.89 bits per heavy atom. The van der Waals surface area contributed by atoms with Crippen LogP contribution in [0.2, 0.25) is 0 Å². The molecule has 1 unspecified atom stereocenters. The van der Waals surface area contributed by atoms with Gasteiger partial charge in [-0.1, -0.05) is 146 Å². The van der Waals surface area contributed by atoms with Crippen molar-refractivity contribution in [3.63, 3.8) is 0 Å². The third kappa shape index (κ3) is 6.19. The molecule has 0 amide bonds. The van der Waals surface area contributed by atoms with E-state index in [-0.39, 0.29) is 5.75 Å². The van der Waals surface area contributed by atoms with E-state index in [9.17, 15) is 5.11 Å². The number of aromatic hydroxyl groups is 1. The van der Waals surface area contributed by atoms with Gasteiger partial charge in [0.2, 0.25) is 0 Å². The molecule has 2 N–H and O–H groups in total. The van der Waals surface area contributed by atoms with Crippen LogP contribution in [-0.2, 0) is 6.42 Å². The fourth-order valence-electron chi connectivity index (χ4n) is 8.03. The first kappa shape index (κ1) is 33.3. The summed E-state index contributed by atoms with van der Waals surface area (Å²) in [7, 11) is 0. The number of hydrogen-bond acceptors (Lipinski definition) is 5. The standard InChI is InChI=1S/C51H37N3O2/c55-44-27-14-26-42(47(44)35-19-8-3-9-20-35)51-53-49(39-24-13-22-37(30-39)34-17-6-2-7-18-34)52-50(54-51)40-31-43(48-41-25-10-11-28-45(41)56-46(48)32-40)38-23-12-21-36(29-38)33-15-4-1-5-16-33/h1-9,11-24,26-32,51,55H,10,25H2,(H,52,53,54). The zero-order valence-corrected chi connectivity index (χ0v) is 30.6. The summed E-state index contributed by atoms with van der Waals surface area (Å²) >= 11 is 0. The molecule has 0 spiro atoms. The van der Waals surface area contributed by atoms with Gasteiger partial charge < -0.3 is 14.8 Å². The van der Waals surface area contributed by atoms with Gasteiger partial charge in [-0.2, -0.15) is 0 Å². The summed E-state index contributed by atoms with van der Waals surface area (Å²) in [5.41, 5.74) is 13.0. The minimum absolute atomic E-state index is 0.193. The summed E-state index contributed by atoms with van der Waals surface area (Å²) in [6, 6.07) is 58.0. The lowest BCUT2D eigenvalue weighted by molar-refractivity contribution is 0.475. The number of phenolic OH excluding ortho intramolecular Hbond substituents is 1. The molecular weight excluding hydrogens is 687 g/mol. The van der Waals surface area contributed by atoms with E-state index in [1.165, 1.54) is 5.56 Å². The Hall–Kier alpha value is -7.24. The Bertz CT molecular complexity index is 2840. The number of furan rings is 1. The van der Waals surface area contributed by atoms with Crippen molar-refractivity contribution in [2.24, 2.45) is 9.98 Å². The summed E-state index contributed by atoms with van der Waals surface area (Å²) in [6.07, 6.45) is 5.60. The van der Waals surface area contributed by atoms with Crippen LogP contribution >= 0.6 is 0 Å². The van der Waals surface area contributed by atoms with Crippen LogP contribution in [0.15, 0.2) is 190 Å². The molecule has 268 valence electrons. The van der Waals surface area contributed by atoms with Crippen LogP contribution in [0.5, 0.6) is 5.75 Å². The molecule has 2 heterocycles. The van der Waals surface area contributed by atoms with Crippen molar-refractivity contribution in [2.75, 3.05) is 0 Å². The Labute approximate surface area is 325 Å². The number of amidine groups is 2. The van der Waals surface area contributed by atoms with Crippen LogP contribution in [0, 0.1) is 0 Å². The number of rotatable bonds is 7. The molecule has 8 aromatic rings. The van der Waals surface area contributed by atoms with E-state index in [0.29, 0.717) is 11.7 Å². The quantitative estimate of drug-likeness (QED) is 0.172. The average molecular weight is 724 g/mol. The Balaban J connectivity index is 1.18. The molecule has 5 nitrogen and oxygen atoms in total. The summed E-state index contributed by atoms with van der Waals surface area (Å²) in [5, 5.41) is 16.1. The lowest BCUT2D eigenvalue weighted by Crippen LogP contribution is -2.34. The van der Waals surface area contributed by atoms with Crippen LogP contribution < -0.4 is 5.32 Å². The number of aryl methyl sites for hydroxylation is 1. The van der Waals surface area contributed by atoms with Gasteiger partial charge in [-0.15, -0.1) is 0 Å². The first-order valence-electron chi connectivity index (χ1n) is 19.0. The molecule has 1 atom stereocenters. The Kier molecular flexibility index (Phi) is 8.45. The van der Waals surface area contributed by atoms with Crippen molar-refractivity contribution in [1.82, 2.24) is 5.32 Å². The number of allylic oxidation sites excluding steroid dienone is 1. The highest BCUT2D eigenvalue weighted by molar-refractivity contribution is 6.15. The number of nitrogens with one attached hydrogen (secondary N) is 1. The molecule has 5 heteroatoms. The van der Waals surface area contributed by atoms with E-state index >= 15 is 0 Å². The molecule has 1 aromatic heterocycles. The molecule has 1 aliphatic carbocycles. The van der Waals surface area contributed by atoms with Gasteiger partial charge in [0, 0.05) is 33.2 Å². The molecule has 0 radical (unpaired) electrons. The third-order valence-electron chi connectivity index (χ3n) is 10.7. The molecule has 0 fully saturated rings. The van der Waals surface area contributed by atoms with Gasteiger partial charge in [-0.05, 0) is 88.2 Å². The van der Waals surface area contributed by atoms with E-state index in [4.69, 9.17) is 14.4 Å². The van der Waals surface area contributed by atoms with E-state index < -0.39 is 6.17 Å². The zero-order valence-electron chi connectivity index (χ0n) is 30.6. The normalized spacial score (nSPS) is 14.8. The zero-order chi connectivity index (χ0) is 37.4. The maximum absolute atomic E-state index is 11.3. The molecule has 0 bridgehead atoms. The van der Waals surface area contributed by atoms with E-state index in [0.717, 1.165) is 90.8 Å². The van der Waals surface area contributed by atoms with Crippen molar-refractivity contribution in [1.29, 1.82) is 0 Å². The first-order chi connectivity index (χ1) is 27.7. The molecular formula is C51H37N3O2. The summed E-state index contributed by atoms with van der Waals surface area (Å²) in [4.78, 5) is 10.6. The molecule has 56 heavy (non-hydrogen) atoms.